The van der Waals surface area contributed by atoms with Crippen LogP contribution in [0.25, 0.3) is 0 Å². The molecule has 0 unspecified atom stereocenters. The fourth-order valence-electron chi connectivity index (χ4n) is 1.14. The third-order valence-corrected chi connectivity index (χ3v) is 2.87. The van der Waals surface area contributed by atoms with E-state index in [4.69, 9.17) is 20.3 Å². The summed E-state index contributed by atoms with van der Waals surface area (Å²) in [6, 6.07) is 9.57. The van der Waals surface area contributed by atoms with Gasteiger partial charge in [0.15, 0.2) is 5.57 Å². The van der Waals surface area contributed by atoms with Crippen LogP contribution in [0.15, 0.2) is 40.4 Å². The molecule has 1 aromatic carbocycles. The Labute approximate surface area is 109 Å². The highest BCUT2D eigenvalue weighted by molar-refractivity contribution is 7.85. The Kier molecular flexibility index (Phi) is 4.23. The van der Waals surface area contributed by atoms with E-state index in [0.29, 0.717) is 5.69 Å². The Morgan fingerprint density at radius 3 is 1.95 bits per heavy atom. The molecule has 1 rings (SSSR count). The first-order chi connectivity index (χ1) is 8.92. The fourth-order valence-corrected chi connectivity index (χ4v) is 1.62. The summed E-state index contributed by atoms with van der Waals surface area (Å²) >= 11 is 0. The molecule has 0 saturated heterocycles. The van der Waals surface area contributed by atoms with Gasteiger partial charge in [0, 0.05) is 5.69 Å². The highest BCUT2D eigenvalue weighted by Gasteiger charge is 2.10. The van der Waals surface area contributed by atoms with Crippen LogP contribution in [-0.2, 0) is 10.1 Å². The normalized spacial score (nSPS) is 9.58. The minimum Gasteiger partial charge on any atom is -0.345 e. The molecule has 1 aromatic rings. The van der Waals surface area contributed by atoms with Crippen LogP contribution in [0.1, 0.15) is 0 Å². The number of allylic oxidation sites excluding steroid dienone is 2. The molecule has 0 fully saturated rings. The maximum atomic E-state index is 10.8. The molecule has 0 heterocycles. The van der Waals surface area contributed by atoms with Gasteiger partial charge in [-0.2, -0.15) is 24.2 Å². The Morgan fingerprint density at radius 2 is 1.58 bits per heavy atom. The van der Waals surface area contributed by atoms with Crippen LogP contribution >= 0.6 is 0 Å². The van der Waals surface area contributed by atoms with Gasteiger partial charge in [-0.25, -0.2) is 0 Å². The van der Waals surface area contributed by atoms with Crippen molar-refractivity contribution in [1.82, 2.24) is 0 Å². The smallest absolute Gasteiger partial charge is 0.294 e. The minimum absolute atomic E-state index is 0.246. The van der Waals surface area contributed by atoms with Crippen molar-refractivity contribution < 1.29 is 13.0 Å². The van der Waals surface area contributed by atoms with E-state index in [1.54, 1.807) is 18.2 Å². The lowest BCUT2D eigenvalue weighted by atomic mass is 10.2. The number of nitriles is 3. The third-order valence-electron chi connectivity index (χ3n) is 2.01. The number of nitrogens with one attached hydrogen (secondary N) is 1. The average molecular weight is 274 g/mol. The molecule has 0 amide bonds. The maximum Gasteiger partial charge on any atom is 0.294 e. The Balaban J connectivity index is 3.10. The molecule has 0 aliphatic rings. The molecular weight excluding hydrogens is 268 g/mol. The predicted molar refractivity (Wildman–Crippen MR) is 63.7 cm³/mol. The maximum absolute atomic E-state index is 10.8. The van der Waals surface area contributed by atoms with Gasteiger partial charge in [-0.15, -0.1) is 0 Å². The van der Waals surface area contributed by atoms with Crippen LogP contribution in [0, 0.1) is 34.0 Å². The first-order valence-corrected chi connectivity index (χ1v) is 6.15. The Hall–Kier alpha value is -2.86. The van der Waals surface area contributed by atoms with Crippen LogP contribution in [0.4, 0.5) is 5.69 Å². The molecule has 19 heavy (non-hydrogen) atoms. The topological polar surface area (TPSA) is 138 Å². The monoisotopic (exact) mass is 274 g/mol. The summed E-state index contributed by atoms with van der Waals surface area (Å²) in [4.78, 5) is -0.304. The van der Waals surface area contributed by atoms with Crippen molar-refractivity contribution in [2.24, 2.45) is 0 Å². The standard InChI is InChI=1S/C11H6N4O3S/c12-5-8(6-13)11(7-14)15-9-1-3-10(4-2-9)19(16,17)18/h1-4,15H,(H,16,17,18). The summed E-state index contributed by atoms with van der Waals surface area (Å²) in [7, 11) is -4.29. The van der Waals surface area contributed by atoms with E-state index in [1.807, 2.05) is 0 Å². The molecule has 0 saturated carbocycles. The van der Waals surface area contributed by atoms with Crippen molar-refractivity contribution in [3.05, 3.63) is 35.5 Å². The zero-order valence-corrected chi connectivity index (χ0v) is 10.1. The van der Waals surface area contributed by atoms with Gasteiger partial charge in [-0.3, -0.25) is 4.55 Å². The van der Waals surface area contributed by atoms with Crippen LogP contribution in [0.3, 0.4) is 0 Å². The first kappa shape index (κ1) is 14.2. The summed E-state index contributed by atoms with van der Waals surface area (Å²) in [6.07, 6.45) is 0. The van der Waals surface area contributed by atoms with Gasteiger partial charge in [-0.05, 0) is 24.3 Å². The molecule has 0 atom stereocenters. The van der Waals surface area contributed by atoms with Gasteiger partial charge in [0.25, 0.3) is 10.1 Å². The number of hydrogen-bond donors (Lipinski definition) is 2. The van der Waals surface area contributed by atoms with E-state index in [0.717, 1.165) is 12.1 Å². The Morgan fingerprint density at radius 1 is 1.05 bits per heavy atom. The van der Waals surface area contributed by atoms with Crippen molar-refractivity contribution in [2.75, 3.05) is 5.32 Å². The summed E-state index contributed by atoms with van der Waals surface area (Å²) in [5.41, 5.74) is -0.335. The van der Waals surface area contributed by atoms with E-state index in [-0.39, 0.29) is 16.2 Å². The number of anilines is 1. The lowest BCUT2D eigenvalue weighted by Crippen LogP contribution is -2.02. The quantitative estimate of drug-likeness (QED) is 0.623. The van der Waals surface area contributed by atoms with E-state index < -0.39 is 10.1 Å². The summed E-state index contributed by atoms with van der Waals surface area (Å²) in [5, 5.41) is 28.5. The van der Waals surface area contributed by atoms with E-state index in [9.17, 15) is 8.42 Å². The number of benzene rings is 1. The zero-order chi connectivity index (χ0) is 14.5. The molecule has 7 nitrogen and oxygen atoms in total. The second kappa shape index (κ2) is 5.65. The molecule has 0 spiro atoms. The highest BCUT2D eigenvalue weighted by atomic mass is 32.2. The molecule has 94 valence electrons. The minimum atomic E-state index is -4.29. The zero-order valence-electron chi connectivity index (χ0n) is 9.32. The SMILES string of the molecule is N#CC(C#N)=C(C#N)Nc1ccc(S(=O)(=O)O)cc1. The average Bonchev–Trinajstić information content (AvgIpc) is 2.38. The van der Waals surface area contributed by atoms with Crippen molar-refractivity contribution in [3.8, 4) is 18.2 Å². The van der Waals surface area contributed by atoms with Crippen LogP contribution in [0.2, 0.25) is 0 Å². The molecule has 0 aliphatic carbocycles. The second-order valence-electron chi connectivity index (χ2n) is 3.21. The van der Waals surface area contributed by atoms with Crippen LogP contribution in [-0.4, -0.2) is 13.0 Å². The Bertz CT molecular complexity index is 727. The molecular formula is C11H6N4O3S. The summed E-state index contributed by atoms with van der Waals surface area (Å²) < 4.78 is 30.4. The molecule has 8 heteroatoms. The molecule has 2 N–H and O–H groups in total. The lowest BCUT2D eigenvalue weighted by molar-refractivity contribution is 0.483. The van der Waals surface area contributed by atoms with Gasteiger partial charge >= 0.3 is 0 Å². The van der Waals surface area contributed by atoms with Gasteiger partial charge in [0.05, 0.1) is 4.90 Å². The van der Waals surface area contributed by atoms with Gasteiger partial charge in [-0.1, -0.05) is 0 Å². The molecule has 0 radical (unpaired) electrons. The lowest BCUT2D eigenvalue weighted by Gasteiger charge is -2.04. The predicted octanol–water partition coefficient (Wildman–Crippen LogP) is 1.17. The summed E-state index contributed by atoms with van der Waals surface area (Å²) in [6.45, 7) is 0. The third kappa shape index (κ3) is 3.55. The van der Waals surface area contributed by atoms with E-state index in [2.05, 4.69) is 5.32 Å². The van der Waals surface area contributed by atoms with E-state index in [1.165, 1.54) is 12.1 Å². The van der Waals surface area contributed by atoms with Gasteiger partial charge in [0.2, 0.25) is 0 Å². The number of rotatable bonds is 3. The van der Waals surface area contributed by atoms with Gasteiger partial charge in [0.1, 0.15) is 23.9 Å². The molecule has 0 aromatic heterocycles. The molecule has 0 bridgehead atoms. The highest BCUT2D eigenvalue weighted by Crippen LogP contribution is 2.16. The van der Waals surface area contributed by atoms with Crippen LogP contribution in [0.5, 0.6) is 0 Å². The van der Waals surface area contributed by atoms with Crippen molar-refractivity contribution in [2.45, 2.75) is 4.90 Å². The van der Waals surface area contributed by atoms with Crippen molar-refractivity contribution in [3.63, 3.8) is 0 Å². The van der Waals surface area contributed by atoms with Crippen LogP contribution < -0.4 is 5.32 Å². The fraction of sp³-hybridized carbons (Fsp3) is 0. The first-order valence-electron chi connectivity index (χ1n) is 4.71. The largest absolute Gasteiger partial charge is 0.345 e. The number of hydrogen-bond acceptors (Lipinski definition) is 6. The summed E-state index contributed by atoms with van der Waals surface area (Å²) in [5.74, 6) is 0. The second-order valence-corrected chi connectivity index (χ2v) is 4.63. The number of nitrogens with zero attached hydrogens (tertiary/aromatic N) is 3. The van der Waals surface area contributed by atoms with Crippen molar-refractivity contribution >= 4 is 15.8 Å². The van der Waals surface area contributed by atoms with Gasteiger partial charge < -0.3 is 5.32 Å². The van der Waals surface area contributed by atoms with E-state index >= 15 is 0 Å². The van der Waals surface area contributed by atoms with Crippen molar-refractivity contribution in [1.29, 1.82) is 15.8 Å². The molecule has 0 aliphatic heterocycles.